The second kappa shape index (κ2) is 6.29. The van der Waals surface area contributed by atoms with Crippen LogP contribution in [0, 0.1) is 28.7 Å². The highest BCUT2D eigenvalue weighted by atomic mass is 35.5. The van der Waals surface area contributed by atoms with Gasteiger partial charge >= 0.3 is 5.69 Å². The molecule has 0 unspecified atom stereocenters. The Morgan fingerprint density at radius 3 is 2.61 bits per heavy atom. The van der Waals surface area contributed by atoms with Gasteiger partial charge in [-0.25, -0.2) is 8.78 Å². The van der Waals surface area contributed by atoms with E-state index in [1.54, 1.807) is 6.92 Å². The average molecular weight is 345 g/mol. The molecule has 10 heteroatoms. The van der Waals surface area contributed by atoms with Gasteiger partial charge < -0.3 is 5.32 Å². The second-order valence-electron chi connectivity index (χ2n) is 4.56. The summed E-state index contributed by atoms with van der Waals surface area (Å²) >= 11 is 5.74. The van der Waals surface area contributed by atoms with Crippen molar-refractivity contribution < 1.29 is 18.5 Å². The second-order valence-corrected chi connectivity index (χ2v) is 4.96. The Hall–Kier alpha value is -2.55. The monoisotopic (exact) mass is 344 g/mol. The highest BCUT2D eigenvalue weighted by molar-refractivity contribution is 6.34. The van der Waals surface area contributed by atoms with Gasteiger partial charge in [0, 0.05) is 12.6 Å². The van der Waals surface area contributed by atoms with Crippen LogP contribution in [-0.4, -0.2) is 20.6 Å². The standard InChI is InChI=1S/C13H11ClF2N4O3/c1-3-19-12(11(20(22)23)6(2)18-19)13(21)17-10-5-9(16)8(15)4-7(10)14/h4-5H,3H2,1-2H3,(H,17,21). The Morgan fingerprint density at radius 1 is 1.43 bits per heavy atom. The van der Waals surface area contributed by atoms with Crippen molar-refractivity contribution in [3.8, 4) is 0 Å². The summed E-state index contributed by atoms with van der Waals surface area (Å²) in [6, 6.07) is 1.39. The molecule has 23 heavy (non-hydrogen) atoms. The lowest BCUT2D eigenvalue weighted by atomic mass is 10.2. The van der Waals surface area contributed by atoms with E-state index in [4.69, 9.17) is 11.6 Å². The number of benzene rings is 1. The number of nitrogens with zero attached hydrogens (tertiary/aromatic N) is 3. The topological polar surface area (TPSA) is 90.1 Å². The third-order valence-electron chi connectivity index (χ3n) is 3.05. The molecule has 1 heterocycles. The molecule has 1 amide bonds. The van der Waals surface area contributed by atoms with Crippen molar-refractivity contribution >= 4 is 28.9 Å². The number of amides is 1. The van der Waals surface area contributed by atoms with Gasteiger partial charge in [0.2, 0.25) is 5.69 Å². The van der Waals surface area contributed by atoms with Gasteiger partial charge in [-0.05, 0) is 19.9 Å². The van der Waals surface area contributed by atoms with Crippen LogP contribution in [0.5, 0.6) is 0 Å². The zero-order valence-corrected chi connectivity index (χ0v) is 12.8. The first-order valence-electron chi connectivity index (χ1n) is 6.44. The van der Waals surface area contributed by atoms with E-state index in [2.05, 4.69) is 10.4 Å². The van der Waals surface area contributed by atoms with Crippen molar-refractivity contribution in [2.24, 2.45) is 0 Å². The Labute approximate surface area is 134 Å². The largest absolute Gasteiger partial charge is 0.322 e. The van der Waals surface area contributed by atoms with Crippen LogP contribution in [-0.2, 0) is 6.54 Å². The summed E-state index contributed by atoms with van der Waals surface area (Å²) in [4.78, 5) is 22.7. The predicted octanol–water partition coefficient (Wildman–Crippen LogP) is 3.30. The quantitative estimate of drug-likeness (QED) is 0.523. The van der Waals surface area contributed by atoms with Crippen LogP contribution >= 0.6 is 11.6 Å². The van der Waals surface area contributed by atoms with Gasteiger partial charge in [0.1, 0.15) is 5.69 Å². The van der Waals surface area contributed by atoms with Gasteiger partial charge in [0.15, 0.2) is 11.6 Å². The molecular formula is C13H11ClF2N4O3. The number of rotatable bonds is 4. The number of carbonyl (C=O) groups excluding carboxylic acids is 1. The summed E-state index contributed by atoms with van der Waals surface area (Å²) in [6.07, 6.45) is 0. The highest BCUT2D eigenvalue weighted by Crippen LogP contribution is 2.28. The van der Waals surface area contributed by atoms with Crippen LogP contribution < -0.4 is 5.32 Å². The molecule has 2 rings (SSSR count). The molecule has 1 aromatic carbocycles. The van der Waals surface area contributed by atoms with Gasteiger partial charge in [0.25, 0.3) is 5.91 Å². The maximum Gasteiger partial charge on any atom is 0.322 e. The number of anilines is 1. The summed E-state index contributed by atoms with van der Waals surface area (Å²) in [5, 5.41) is 17.0. The normalized spacial score (nSPS) is 10.7. The van der Waals surface area contributed by atoms with Gasteiger partial charge in [-0.1, -0.05) is 11.6 Å². The first-order chi connectivity index (χ1) is 10.8. The van der Waals surface area contributed by atoms with Crippen LogP contribution in [0.1, 0.15) is 23.1 Å². The minimum absolute atomic E-state index is 0.0679. The Bertz CT molecular complexity index is 807. The number of hydrogen-bond donors (Lipinski definition) is 1. The summed E-state index contributed by atoms with van der Waals surface area (Å²) in [7, 11) is 0. The Balaban J connectivity index is 2.46. The van der Waals surface area contributed by atoms with E-state index in [0.29, 0.717) is 12.1 Å². The third kappa shape index (κ3) is 3.14. The number of nitro groups is 1. The summed E-state index contributed by atoms with van der Waals surface area (Å²) in [5.74, 6) is -3.28. The molecule has 0 fully saturated rings. The van der Waals surface area contributed by atoms with Gasteiger partial charge in [-0.15, -0.1) is 0 Å². The van der Waals surface area contributed by atoms with Crippen molar-refractivity contribution in [3.05, 3.63) is 50.3 Å². The van der Waals surface area contributed by atoms with Crippen LogP contribution in [0.4, 0.5) is 20.2 Å². The first kappa shape index (κ1) is 16.8. The molecule has 0 saturated heterocycles. The average Bonchev–Trinajstić information content (AvgIpc) is 2.81. The van der Waals surface area contributed by atoms with E-state index >= 15 is 0 Å². The first-order valence-corrected chi connectivity index (χ1v) is 6.81. The van der Waals surface area contributed by atoms with E-state index in [0.717, 1.165) is 4.68 Å². The van der Waals surface area contributed by atoms with E-state index in [9.17, 15) is 23.7 Å². The van der Waals surface area contributed by atoms with Crippen LogP contribution in [0.2, 0.25) is 5.02 Å². The number of halogens is 3. The fourth-order valence-corrected chi connectivity index (χ4v) is 2.24. The van der Waals surface area contributed by atoms with Crippen molar-refractivity contribution in [2.45, 2.75) is 20.4 Å². The Morgan fingerprint density at radius 2 is 2.04 bits per heavy atom. The molecule has 0 radical (unpaired) electrons. The Kier molecular flexibility index (Phi) is 4.60. The van der Waals surface area contributed by atoms with Gasteiger partial charge in [0.05, 0.1) is 15.6 Å². The lowest BCUT2D eigenvalue weighted by Gasteiger charge is -2.08. The lowest BCUT2D eigenvalue weighted by molar-refractivity contribution is -0.385. The van der Waals surface area contributed by atoms with Crippen molar-refractivity contribution in [1.29, 1.82) is 0 Å². The van der Waals surface area contributed by atoms with Crippen LogP contribution in [0.15, 0.2) is 12.1 Å². The fraction of sp³-hybridized carbons (Fsp3) is 0.231. The minimum atomic E-state index is -1.21. The third-order valence-corrected chi connectivity index (χ3v) is 3.36. The number of carbonyl (C=O) groups is 1. The lowest BCUT2D eigenvalue weighted by Crippen LogP contribution is -2.19. The molecule has 7 nitrogen and oxygen atoms in total. The molecule has 122 valence electrons. The van der Waals surface area contributed by atoms with Gasteiger partial charge in [-0.3, -0.25) is 19.6 Å². The van der Waals surface area contributed by atoms with E-state index in [1.807, 2.05) is 0 Å². The molecule has 0 bridgehead atoms. The zero-order valence-electron chi connectivity index (χ0n) is 12.1. The molecule has 1 aromatic heterocycles. The van der Waals surface area contributed by atoms with Crippen LogP contribution in [0.3, 0.4) is 0 Å². The molecule has 0 saturated carbocycles. The number of aromatic nitrogens is 2. The van der Waals surface area contributed by atoms with Crippen molar-refractivity contribution in [2.75, 3.05) is 5.32 Å². The summed E-state index contributed by atoms with van der Waals surface area (Å²) < 4.78 is 27.4. The minimum Gasteiger partial charge on any atom is -0.319 e. The van der Waals surface area contributed by atoms with Crippen molar-refractivity contribution in [1.82, 2.24) is 9.78 Å². The molecule has 1 N–H and O–H groups in total. The smallest absolute Gasteiger partial charge is 0.319 e. The predicted molar refractivity (Wildman–Crippen MR) is 78.6 cm³/mol. The van der Waals surface area contributed by atoms with E-state index in [-0.39, 0.29) is 28.6 Å². The number of hydrogen-bond acceptors (Lipinski definition) is 4. The molecule has 0 aliphatic heterocycles. The SMILES string of the molecule is CCn1nc(C)c([N+](=O)[O-])c1C(=O)Nc1cc(F)c(F)cc1Cl. The summed E-state index contributed by atoms with van der Waals surface area (Å²) in [5.41, 5.74) is -0.886. The number of aryl methyl sites for hydroxylation is 2. The van der Waals surface area contributed by atoms with E-state index in [1.165, 1.54) is 6.92 Å². The van der Waals surface area contributed by atoms with E-state index < -0.39 is 28.2 Å². The molecule has 0 spiro atoms. The molecule has 0 atom stereocenters. The van der Waals surface area contributed by atoms with Gasteiger partial charge in [-0.2, -0.15) is 5.10 Å². The number of nitrogens with one attached hydrogen (secondary N) is 1. The zero-order chi connectivity index (χ0) is 17.3. The molecular weight excluding hydrogens is 334 g/mol. The maximum atomic E-state index is 13.3. The van der Waals surface area contributed by atoms with Crippen molar-refractivity contribution in [3.63, 3.8) is 0 Å². The molecule has 0 aliphatic rings. The summed E-state index contributed by atoms with van der Waals surface area (Å²) in [6.45, 7) is 3.26. The highest BCUT2D eigenvalue weighted by Gasteiger charge is 2.30. The fourth-order valence-electron chi connectivity index (χ4n) is 2.04. The van der Waals surface area contributed by atoms with Crippen LogP contribution in [0.25, 0.3) is 0 Å². The molecule has 0 aliphatic carbocycles. The maximum absolute atomic E-state index is 13.3. The molecule has 2 aromatic rings.